The van der Waals surface area contributed by atoms with Crippen LogP contribution in [-0.4, -0.2) is 53.0 Å². The zero-order valence-corrected chi connectivity index (χ0v) is 17.9. The van der Waals surface area contributed by atoms with Crippen LogP contribution in [0.4, 0.5) is 0 Å². The summed E-state index contributed by atoms with van der Waals surface area (Å²) in [4.78, 5) is 48.0. The van der Waals surface area contributed by atoms with Crippen molar-refractivity contribution in [1.82, 2.24) is 10.6 Å². The number of ketones is 1. The van der Waals surface area contributed by atoms with Crippen LogP contribution in [0.3, 0.4) is 0 Å². The van der Waals surface area contributed by atoms with Gasteiger partial charge in [-0.1, -0.05) is 34.1 Å². The second kappa shape index (κ2) is 9.69. The molecular formula is C21H34N2O6. The molecule has 0 aromatic carbocycles. The highest BCUT2D eigenvalue weighted by molar-refractivity contribution is 5.94. The first-order valence-corrected chi connectivity index (χ1v) is 10.6. The molecule has 0 aromatic heterocycles. The molecule has 0 unspecified atom stereocenters. The van der Waals surface area contributed by atoms with Crippen molar-refractivity contribution in [2.75, 3.05) is 0 Å². The Kier molecular flexibility index (Phi) is 7.80. The summed E-state index contributed by atoms with van der Waals surface area (Å²) >= 11 is 0. The Bertz CT molecular complexity index is 649. The van der Waals surface area contributed by atoms with Gasteiger partial charge >= 0.3 is 11.9 Å². The third-order valence-electron chi connectivity index (χ3n) is 6.06. The number of carboxylic acid groups (broad SMARTS) is 1. The van der Waals surface area contributed by atoms with Crippen molar-refractivity contribution in [2.45, 2.75) is 84.5 Å². The maximum Gasteiger partial charge on any atom is 0.314 e. The smallest absolute Gasteiger partial charge is 0.314 e. The Hall–Kier alpha value is -1.96. The van der Waals surface area contributed by atoms with Crippen LogP contribution in [0.1, 0.15) is 60.3 Å². The van der Waals surface area contributed by atoms with Crippen molar-refractivity contribution in [3.8, 4) is 0 Å². The molecule has 8 heteroatoms. The fraction of sp³-hybridized carbons (Fsp3) is 0.810. The van der Waals surface area contributed by atoms with Gasteiger partial charge in [0, 0.05) is 18.5 Å². The van der Waals surface area contributed by atoms with E-state index in [1.807, 2.05) is 27.7 Å². The van der Waals surface area contributed by atoms with Crippen LogP contribution in [0.25, 0.3) is 0 Å². The highest BCUT2D eigenvalue weighted by Gasteiger charge is 2.51. The normalized spacial score (nSPS) is 28.7. The summed E-state index contributed by atoms with van der Waals surface area (Å²) in [5, 5.41) is 15.5. The van der Waals surface area contributed by atoms with E-state index in [1.54, 1.807) is 6.92 Å². The van der Waals surface area contributed by atoms with Crippen molar-refractivity contribution in [1.29, 1.82) is 0 Å². The molecule has 2 rings (SSSR count). The fourth-order valence-electron chi connectivity index (χ4n) is 3.93. The lowest BCUT2D eigenvalue weighted by molar-refractivity contribution is -0.193. The summed E-state index contributed by atoms with van der Waals surface area (Å²) in [6.07, 6.45) is 1.04. The lowest BCUT2D eigenvalue weighted by Gasteiger charge is -2.37. The van der Waals surface area contributed by atoms with Gasteiger partial charge in [-0.15, -0.1) is 0 Å². The Morgan fingerprint density at radius 2 is 1.86 bits per heavy atom. The number of amides is 1. The van der Waals surface area contributed by atoms with Crippen LogP contribution in [0, 0.1) is 23.7 Å². The summed E-state index contributed by atoms with van der Waals surface area (Å²) in [6.45, 7) is 9.50. The number of aliphatic carboxylic acids is 1. The summed E-state index contributed by atoms with van der Waals surface area (Å²) in [5.74, 6) is -2.82. The maximum absolute atomic E-state index is 12.4. The number of rotatable bonds is 12. The molecule has 29 heavy (non-hydrogen) atoms. The molecule has 1 amide bonds. The number of cyclic esters (lactones) is 1. The molecule has 1 heterocycles. The van der Waals surface area contributed by atoms with Crippen LogP contribution >= 0.6 is 0 Å². The van der Waals surface area contributed by atoms with Gasteiger partial charge in [-0.2, -0.15) is 0 Å². The van der Waals surface area contributed by atoms with Gasteiger partial charge in [-0.3, -0.25) is 19.2 Å². The van der Waals surface area contributed by atoms with E-state index < -0.39 is 30.0 Å². The minimum Gasteiger partial charge on any atom is -0.481 e. The number of hydrogen-bond donors (Lipinski definition) is 3. The van der Waals surface area contributed by atoms with Crippen LogP contribution in [0.2, 0.25) is 0 Å². The molecule has 2 aliphatic rings. The molecule has 8 nitrogen and oxygen atoms in total. The molecule has 0 spiro atoms. The van der Waals surface area contributed by atoms with E-state index in [2.05, 4.69) is 10.6 Å². The summed E-state index contributed by atoms with van der Waals surface area (Å²) in [6, 6.07) is -0.375. The number of carbonyl (C=O) groups is 4. The van der Waals surface area contributed by atoms with Gasteiger partial charge in [-0.25, -0.2) is 0 Å². The number of ether oxygens (including phenoxy) is 1. The average Bonchev–Trinajstić information content (AvgIpc) is 3.34. The van der Waals surface area contributed by atoms with Gasteiger partial charge in [0.15, 0.2) is 6.10 Å². The Morgan fingerprint density at radius 3 is 2.38 bits per heavy atom. The zero-order chi connectivity index (χ0) is 21.9. The van der Waals surface area contributed by atoms with Gasteiger partial charge < -0.3 is 20.5 Å². The molecular weight excluding hydrogens is 376 g/mol. The van der Waals surface area contributed by atoms with Crippen LogP contribution in [-0.2, 0) is 23.9 Å². The fourth-order valence-corrected chi connectivity index (χ4v) is 3.93. The first-order chi connectivity index (χ1) is 13.5. The number of nitrogens with one attached hydrogen (secondary N) is 2. The average molecular weight is 411 g/mol. The first-order valence-electron chi connectivity index (χ1n) is 10.6. The molecule has 0 aromatic rings. The van der Waals surface area contributed by atoms with Gasteiger partial charge in [0.25, 0.3) is 5.91 Å². The quantitative estimate of drug-likeness (QED) is 0.417. The third kappa shape index (κ3) is 6.01. The van der Waals surface area contributed by atoms with Gasteiger partial charge in [0.05, 0.1) is 12.0 Å². The lowest BCUT2D eigenvalue weighted by atomic mass is 9.83. The highest BCUT2D eigenvalue weighted by atomic mass is 16.6. The van der Waals surface area contributed by atoms with Crippen molar-refractivity contribution in [2.24, 2.45) is 23.7 Å². The maximum atomic E-state index is 12.4. The van der Waals surface area contributed by atoms with Crippen LogP contribution in [0.5, 0.6) is 0 Å². The van der Waals surface area contributed by atoms with Gasteiger partial charge in [-0.05, 0) is 31.6 Å². The minimum atomic E-state index is -0.989. The van der Waals surface area contributed by atoms with Crippen molar-refractivity contribution < 1.29 is 29.0 Å². The second-order valence-corrected chi connectivity index (χ2v) is 8.86. The molecule has 1 saturated carbocycles. The van der Waals surface area contributed by atoms with E-state index in [0.29, 0.717) is 12.8 Å². The molecule has 0 radical (unpaired) electrons. The minimum absolute atomic E-state index is 0.0241. The predicted molar refractivity (Wildman–Crippen MR) is 106 cm³/mol. The van der Waals surface area contributed by atoms with E-state index >= 15 is 0 Å². The van der Waals surface area contributed by atoms with Crippen molar-refractivity contribution >= 4 is 23.6 Å². The van der Waals surface area contributed by atoms with Crippen LogP contribution < -0.4 is 10.6 Å². The first kappa shape index (κ1) is 23.3. The van der Waals surface area contributed by atoms with E-state index in [-0.39, 0.29) is 48.0 Å². The molecule has 3 N–H and O–H groups in total. The summed E-state index contributed by atoms with van der Waals surface area (Å²) in [7, 11) is 0. The van der Waals surface area contributed by atoms with Crippen LogP contribution in [0.15, 0.2) is 0 Å². The zero-order valence-electron chi connectivity index (χ0n) is 17.9. The number of hydrogen-bond acceptors (Lipinski definition) is 6. The lowest BCUT2D eigenvalue weighted by Crippen LogP contribution is -2.56. The number of carboxylic acids is 1. The summed E-state index contributed by atoms with van der Waals surface area (Å²) < 4.78 is 5.03. The van der Waals surface area contributed by atoms with E-state index in [1.165, 1.54) is 0 Å². The molecule has 1 saturated heterocycles. The van der Waals surface area contributed by atoms with Crippen molar-refractivity contribution in [3.05, 3.63) is 0 Å². The molecule has 7 atom stereocenters. The topological polar surface area (TPSA) is 122 Å². The molecule has 0 bridgehead atoms. The largest absolute Gasteiger partial charge is 0.481 e. The highest BCUT2D eigenvalue weighted by Crippen LogP contribution is 2.38. The Balaban J connectivity index is 1.82. The number of carbonyl (C=O) groups excluding carboxylic acids is 3. The monoisotopic (exact) mass is 410 g/mol. The molecule has 1 aliphatic carbocycles. The molecule has 2 fully saturated rings. The van der Waals surface area contributed by atoms with Gasteiger partial charge in [0.1, 0.15) is 11.7 Å². The second-order valence-electron chi connectivity index (χ2n) is 8.86. The SMILES string of the molecule is CC[C@H](C)[C@@H]1C(=O)O[C@H]1C(=O)N[C@H]1C[C@@H]1C[C@H](CC(=O)[C@H](C)NC(C)C)C(=O)O. The van der Waals surface area contributed by atoms with E-state index in [0.717, 1.165) is 6.42 Å². The van der Waals surface area contributed by atoms with E-state index in [9.17, 15) is 24.3 Å². The molecule has 1 aliphatic heterocycles. The Labute approximate surface area is 172 Å². The standard InChI is InChI=1S/C21H34N2O6/c1-6-11(4)17-18(29-21(17)28)19(25)23-15-8-13(15)7-14(20(26)27)9-16(24)12(5)22-10(2)3/h10-15,17-18,22H,6-9H2,1-5H3,(H,23,25)(H,26,27)/t11-,12-,13-,14+,15-,17-,18+/m0/s1. The van der Waals surface area contributed by atoms with E-state index in [4.69, 9.17) is 4.74 Å². The third-order valence-corrected chi connectivity index (χ3v) is 6.06. The number of Topliss-reactive ketones (excluding diaryl/α,β-unsaturated/α-hetero) is 1. The Morgan fingerprint density at radius 1 is 1.21 bits per heavy atom. The van der Waals surface area contributed by atoms with Crippen molar-refractivity contribution in [3.63, 3.8) is 0 Å². The van der Waals surface area contributed by atoms with Gasteiger partial charge in [0.2, 0.25) is 0 Å². The summed E-state index contributed by atoms with van der Waals surface area (Å²) in [5.41, 5.74) is 0. The predicted octanol–water partition coefficient (Wildman–Crippen LogP) is 1.52. The number of esters is 1. The molecule has 164 valence electrons.